The Morgan fingerprint density at radius 3 is 2.69 bits per heavy atom. The zero-order chi connectivity index (χ0) is 18.3. The van der Waals surface area contributed by atoms with E-state index in [0.717, 1.165) is 0 Å². The summed E-state index contributed by atoms with van der Waals surface area (Å²) < 4.78 is 13.8. The van der Waals surface area contributed by atoms with Gasteiger partial charge in [-0.05, 0) is 29.1 Å². The number of carbonyl (C=O) groups is 2. The zero-order valence-electron chi connectivity index (χ0n) is 13.1. The number of thiophene rings is 1. The molecule has 130 valence electrons. The Morgan fingerprint density at radius 1 is 1.19 bits per heavy atom. The topological polar surface area (TPSA) is 70.5 Å². The lowest BCUT2D eigenvalue weighted by Crippen LogP contribution is -2.30. The molecule has 0 aliphatic carbocycles. The number of ketones is 1. The van der Waals surface area contributed by atoms with E-state index < -0.39 is 29.3 Å². The highest BCUT2D eigenvalue weighted by Crippen LogP contribution is 2.42. The van der Waals surface area contributed by atoms with Gasteiger partial charge in [0, 0.05) is 11.6 Å². The smallest absolute Gasteiger partial charge is 0.296 e. The van der Waals surface area contributed by atoms with Crippen LogP contribution in [0.3, 0.4) is 0 Å². The summed E-state index contributed by atoms with van der Waals surface area (Å²) in [5.41, 5.74) is 0.316. The number of Topliss-reactive ketones (excluding diaryl/α,β-unsaturated/α-hetero) is 1. The first-order valence-corrected chi connectivity index (χ1v) is 9.33. The van der Waals surface area contributed by atoms with E-state index in [1.807, 2.05) is 0 Å². The first kappa shape index (κ1) is 16.6. The van der Waals surface area contributed by atoms with E-state index in [9.17, 15) is 19.1 Å². The molecule has 1 atom stereocenters. The Labute approximate surface area is 155 Å². The number of aliphatic hydroxyl groups excluding tert-OH is 1. The predicted octanol–water partition coefficient (Wildman–Crippen LogP) is 4.13. The number of anilines is 1. The van der Waals surface area contributed by atoms with Crippen LogP contribution in [0.25, 0.3) is 0 Å². The molecule has 0 radical (unpaired) electrons. The van der Waals surface area contributed by atoms with Crippen molar-refractivity contribution in [2.75, 3.05) is 4.90 Å². The maximum Gasteiger partial charge on any atom is 0.296 e. The summed E-state index contributed by atoms with van der Waals surface area (Å²) in [5, 5.41) is 14.2. The minimum absolute atomic E-state index is 0.0711. The second kappa shape index (κ2) is 6.47. The van der Waals surface area contributed by atoms with Crippen LogP contribution in [0.1, 0.15) is 21.3 Å². The van der Waals surface area contributed by atoms with E-state index in [0.29, 0.717) is 15.6 Å². The normalized spacial score (nSPS) is 17.2. The van der Waals surface area contributed by atoms with Gasteiger partial charge in [0.25, 0.3) is 5.91 Å². The van der Waals surface area contributed by atoms with Gasteiger partial charge in [0.15, 0.2) is 10.9 Å². The standard InChI is InChI=1S/C18H11FN2O3S2/c19-11-4-1-3-10(9-11)14-13(15(22)12-5-2-7-25-12)16(23)17(24)21(14)18-20-6-8-26-18/h1-9,14,23H/t14-/m1/s1. The number of amides is 1. The third-order valence-electron chi connectivity index (χ3n) is 3.99. The fourth-order valence-electron chi connectivity index (χ4n) is 2.90. The molecule has 1 N–H and O–H groups in total. The predicted molar refractivity (Wildman–Crippen MR) is 97.0 cm³/mol. The van der Waals surface area contributed by atoms with Gasteiger partial charge >= 0.3 is 0 Å². The van der Waals surface area contributed by atoms with E-state index in [1.54, 1.807) is 29.0 Å². The Balaban J connectivity index is 1.89. The van der Waals surface area contributed by atoms with Gasteiger partial charge in [0.05, 0.1) is 16.5 Å². The molecule has 0 saturated carbocycles. The van der Waals surface area contributed by atoms with Crippen LogP contribution in [-0.2, 0) is 4.79 Å². The van der Waals surface area contributed by atoms with Crippen molar-refractivity contribution >= 4 is 39.5 Å². The van der Waals surface area contributed by atoms with Crippen molar-refractivity contribution < 1.29 is 19.1 Å². The quantitative estimate of drug-likeness (QED) is 0.685. The molecule has 1 aliphatic heterocycles. The maximum absolute atomic E-state index is 13.8. The van der Waals surface area contributed by atoms with E-state index in [-0.39, 0.29) is 5.57 Å². The summed E-state index contributed by atoms with van der Waals surface area (Å²) >= 11 is 2.40. The molecule has 0 bridgehead atoms. The molecule has 3 aromatic rings. The average molecular weight is 386 g/mol. The van der Waals surface area contributed by atoms with Crippen molar-refractivity contribution in [3.8, 4) is 0 Å². The fourth-order valence-corrected chi connectivity index (χ4v) is 4.25. The molecular weight excluding hydrogens is 375 g/mol. The Morgan fingerprint density at radius 2 is 2.04 bits per heavy atom. The summed E-state index contributed by atoms with van der Waals surface area (Å²) in [5.74, 6) is -2.32. The molecule has 3 heterocycles. The first-order chi connectivity index (χ1) is 12.6. The van der Waals surface area contributed by atoms with E-state index in [1.165, 1.54) is 52.0 Å². The van der Waals surface area contributed by atoms with Crippen LogP contribution >= 0.6 is 22.7 Å². The SMILES string of the molecule is O=C(C1=C(O)C(=O)N(c2nccs2)[C@@H]1c1cccc(F)c1)c1cccs1. The van der Waals surface area contributed by atoms with Gasteiger partial charge in [-0.2, -0.15) is 0 Å². The number of hydrogen-bond donors (Lipinski definition) is 1. The van der Waals surface area contributed by atoms with Crippen LogP contribution in [0.2, 0.25) is 0 Å². The van der Waals surface area contributed by atoms with E-state index in [4.69, 9.17) is 0 Å². The Bertz CT molecular complexity index is 1010. The van der Waals surface area contributed by atoms with Gasteiger partial charge in [0.1, 0.15) is 5.82 Å². The zero-order valence-corrected chi connectivity index (χ0v) is 14.8. The third-order valence-corrected chi connectivity index (χ3v) is 5.63. The molecule has 8 heteroatoms. The van der Waals surface area contributed by atoms with Crippen molar-refractivity contribution in [3.63, 3.8) is 0 Å². The van der Waals surface area contributed by atoms with Crippen molar-refractivity contribution in [1.82, 2.24) is 4.98 Å². The third kappa shape index (κ3) is 2.63. The highest BCUT2D eigenvalue weighted by Gasteiger charge is 2.45. The molecule has 0 spiro atoms. The molecule has 2 aromatic heterocycles. The van der Waals surface area contributed by atoms with E-state index >= 15 is 0 Å². The fraction of sp³-hybridized carbons (Fsp3) is 0.0556. The lowest BCUT2D eigenvalue weighted by molar-refractivity contribution is -0.117. The van der Waals surface area contributed by atoms with Crippen LogP contribution in [0.4, 0.5) is 9.52 Å². The second-order valence-electron chi connectivity index (χ2n) is 5.52. The van der Waals surface area contributed by atoms with Crippen LogP contribution in [0.15, 0.2) is 64.7 Å². The number of nitrogens with zero attached hydrogens (tertiary/aromatic N) is 2. The van der Waals surface area contributed by atoms with Crippen molar-refractivity contribution in [1.29, 1.82) is 0 Å². The molecule has 26 heavy (non-hydrogen) atoms. The summed E-state index contributed by atoms with van der Waals surface area (Å²) in [6, 6.07) is 8.02. The highest BCUT2D eigenvalue weighted by molar-refractivity contribution is 7.14. The number of carbonyl (C=O) groups excluding carboxylic acids is 2. The Kier molecular flexibility index (Phi) is 4.14. The number of halogens is 1. The summed E-state index contributed by atoms with van der Waals surface area (Å²) in [6.45, 7) is 0. The number of hydrogen-bond acceptors (Lipinski definition) is 6. The Hall–Kier alpha value is -2.84. The molecular formula is C18H11FN2O3S2. The number of rotatable bonds is 4. The molecule has 1 aromatic carbocycles. The minimum Gasteiger partial charge on any atom is -0.503 e. The van der Waals surface area contributed by atoms with Crippen LogP contribution in [0, 0.1) is 5.82 Å². The van der Waals surface area contributed by atoms with Crippen LogP contribution < -0.4 is 4.90 Å². The number of benzene rings is 1. The van der Waals surface area contributed by atoms with Gasteiger partial charge in [0.2, 0.25) is 5.78 Å². The molecule has 0 fully saturated rings. The number of aromatic nitrogens is 1. The molecule has 0 unspecified atom stereocenters. The molecule has 5 nitrogen and oxygen atoms in total. The van der Waals surface area contributed by atoms with Gasteiger partial charge < -0.3 is 5.11 Å². The van der Waals surface area contributed by atoms with Crippen LogP contribution in [-0.4, -0.2) is 21.8 Å². The second-order valence-corrected chi connectivity index (χ2v) is 7.34. The molecule has 0 saturated heterocycles. The van der Waals surface area contributed by atoms with Crippen molar-refractivity contribution in [3.05, 3.63) is 80.9 Å². The molecule has 4 rings (SSSR count). The summed E-state index contributed by atoms with van der Waals surface area (Å²) in [4.78, 5) is 31.4. The lowest BCUT2D eigenvalue weighted by atomic mass is 9.95. The van der Waals surface area contributed by atoms with Crippen molar-refractivity contribution in [2.24, 2.45) is 0 Å². The minimum atomic E-state index is -0.945. The van der Waals surface area contributed by atoms with Gasteiger partial charge in [-0.3, -0.25) is 14.5 Å². The molecule has 1 aliphatic rings. The van der Waals surface area contributed by atoms with Gasteiger partial charge in [-0.25, -0.2) is 9.37 Å². The monoisotopic (exact) mass is 386 g/mol. The average Bonchev–Trinajstić information content (AvgIpc) is 3.37. The van der Waals surface area contributed by atoms with Crippen LogP contribution in [0.5, 0.6) is 0 Å². The number of thiazole rings is 1. The highest BCUT2D eigenvalue weighted by atomic mass is 32.1. The molecule has 1 amide bonds. The summed E-state index contributed by atoms with van der Waals surface area (Å²) in [7, 11) is 0. The summed E-state index contributed by atoms with van der Waals surface area (Å²) in [6.07, 6.45) is 1.52. The van der Waals surface area contributed by atoms with E-state index in [2.05, 4.69) is 4.98 Å². The van der Waals surface area contributed by atoms with Crippen molar-refractivity contribution in [2.45, 2.75) is 6.04 Å². The number of aliphatic hydroxyl groups is 1. The lowest BCUT2D eigenvalue weighted by Gasteiger charge is -2.24. The maximum atomic E-state index is 13.8. The van der Waals surface area contributed by atoms with Gasteiger partial charge in [-0.15, -0.1) is 22.7 Å². The largest absolute Gasteiger partial charge is 0.503 e. The van der Waals surface area contributed by atoms with Gasteiger partial charge in [-0.1, -0.05) is 18.2 Å². The first-order valence-electron chi connectivity index (χ1n) is 7.58.